The van der Waals surface area contributed by atoms with Gasteiger partial charge >= 0.3 is 0 Å². The molecule has 0 amide bonds. The summed E-state index contributed by atoms with van der Waals surface area (Å²) in [5.74, 6) is 0. The molecule has 0 rings (SSSR count). The molecule has 1 N–H and O–H groups in total. The predicted molar refractivity (Wildman–Crippen MR) is 53.4 cm³/mol. The molecule has 1 atom stereocenters. The second-order valence-electron chi connectivity index (χ2n) is 4.54. The van der Waals surface area contributed by atoms with Gasteiger partial charge in [-0.2, -0.15) is 0 Å². The molecule has 0 bridgehead atoms. The van der Waals surface area contributed by atoms with Crippen molar-refractivity contribution in [2.24, 2.45) is 5.41 Å². The van der Waals surface area contributed by atoms with Crippen LogP contribution in [0, 0.1) is 5.41 Å². The first kappa shape index (κ1) is 11.9. The summed E-state index contributed by atoms with van der Waals surface area (Å²) in [5, 5.41) is 3.25. The van der Waals surface area contributed by atoms with Gasteiger partial charge < -0.3 is 10.1 Å². The molecule has 0 aromatic heterocycles. The van der Waals surface area contributed by atoms with Gasteiger partial charge in [0.15, 0.2) is 0 Å². The Morgan fingerprint density at radius 1 is 1.33 bits per heavy atom. The van der Waals surface area contributed by atoms with Gasteiger partial charge in [-0.05, 0) is 25.3 Å². The summed E-state index contributed by atoms with van der Waals surface area (Å²) >= 11 is 0. The van der Waals surface area contributed by atoms with E-state index in [1.54, 1.807) is 7.11 Å². The van der Waals surface area contributed by atoms with Crippen molar-refractivity contribution in [1.29, 1.82) is 0 Å². The van der Waals surface area contributed by atoms with Gasteiger partial charge in [0.25, 0.3) is 0 Å². The minimum atomic E-state index is 0.433. The van der Waals surface area contributed by atoms with Crippen LogP contribution in [0.1, 0.15) is 33.6 Å². The molecule has 1 unspecified atom stereocenters. The topological polar surface area (TPSA) is 21.3 Å². The Morgan fingerprint density at radius 3 is 2.25 bits per heavy atom. The van der Waals surface area contributed by atoms with Gasteiger partial charge in [0.1, 0.15) is 0 Å². The van der Waals surface area contributed by atoms with Crippen molar-refractivity contribution in [3.05, 3.63) is 0 Å². The highest BCUT2D eigenvalue weighted by atomic mass is 16.5. The van der Waals surface area contributed by atoms with Crippen molar-refractivity contribution < 1.29 is 4.74 Å². The Balaban J connectivity index is 3.58. The third-order valence-corrected chi connectivity index (χ3v) is 2.02. The Kier molecular flexibility index (Phi) is 5.51. The van der Waals surface area contributed by atoms with Crippen LogP contribution in [0.15, 0.2) is 0 Å². The van der Waals surface area contributed by atoms with Crippen molar-refractivity contribution in [2.75, 3.05) is 20.8 Å². The second kappa shape index (κ2) is 5.55. The molecule has 12 heavy (non-hydrogen) atoms. The lowest BCUT2D eigenvalue weighted by Crippen LogP contribution is -2.30. The van der Waals surface area contributed by atoms with Crippen LogP contribution in [0.3, 0.4) is 0 Å². The maximum absolute atomic E-state index is 5.10. The third-order valence-electron chi connectivity index (χ3n) is 2.02. The highest BCUT2D eigenvalue weighted by Crippen LogP contribution is 2.21. The van der Waals surface area contributed by atoms with E-state index < -0.39 is 0 Å². The number of ether oxygens (including phenoxy) is 1. The van der Waals surface area contributed by atoms with E-state index >= 15 is 0 Å². The van der Waals surface area contributed by atoms with Gasteiger partial charge in [0.2, 0.25) is 0 Å². The summed E-state index contributed by atoms with van der Waals surface area (Å²) in [6.45, 7) is 7.62. The molecular weight excluding hydrogens is 150 g/mol. The van der Waals surface area contributed by atoms with Gasteiger partial charge in [-0.25, -0.2) is 0 Å². The average Bonchev–Trinajstić information content (AvgIpc) is 1.96. The number of rotatable bonds is 5. The van der Waals surface area contributed by atoms with E-state index in [2.05, 4.69) is 26.1 Å². The molecule has 0 aromatic rings. The largest absolute Gasteiger partial charge is 0.383 e. The molecular formula is C10H23NO. The van der Waals surface area contributed by atoms with Crippen molar-refractivity contribution in [3.8, 4) is 0 Å². The number of likely N-dealkylation sites (N-methyl/N-ethyl adjacent to an activating group) is 1. The zero-order valence-electron chi connectivity index (χ0n) is 9.11. The SMILES string of the molecule is CNC(CCC(C)(C)C)COC. The van der Waals surface area contributed by atoms with Crippen molar-refractivity contribution in [1.82, 2.24) is 5.32 Å². The maximum atomic E-state index is 5.10. The molecule has 0 fully saturated rings. The van der Waals surface area contributed by atoms with Gasteiger partial charge in [-0.1, -0.05) is 20.8 Å². The van der Waals surface area contributed by atoms with E-state index in [1.807, 2.05) is 7.05 Å². The summed E-state index contributed by atoms with van der Waals surface area (Å²) in [4.78, 5) is 0. The molecule has 0 aliphatic carbocycles. The zero-order chi connectivity index (χ0) is 9.61. The number of hydrogen-bond acceptors (Lipinski definition) is 2. The van der Waals surface area contributed by atoms with Crippen molar-refractivity contribution in [3.63, 3.8) is 0 Å². The van der Waals surface area contributed by atoms with Crippen LogP contribution in [0.5, 0.6) is 0 Å². The van der Waals surface area contributed by atoms with E-state index in [0.29, 0.717) is 11.5 Å². The van der Waals surface area contributed by atoms with E-state index in [4.69, 9.17) is 4.74 Å². The average molecular weight is 173 g/mol. The lowest BCUT2D eigenvalue weighted by Gasteiger charge is -2.22. The minimum Gasteiger partial charge on any atom is -0.383 e. The van der Waals surface area contributed by atoms with Crippen LogP contribution in [0.4, 0.5) is 0 Å². The fraction of sp³-hybridized carbons (Fsp3) is 1.00. The summed E-state index contributed by atoms with van der Waals surface area (Å²) in [7, 11) is 3.74. The predicted octanol–water partition coefficient (Wildman–Crippen LogP) is 2.05. The molecule has 0 aliphatic rings. The van der Waals surface area contributed by atoms with Crippen molar-refractivity contribution in [2.45, 2.75) is 39.7 Å². The maximum Gasteiger partial charge on any atom is 0.0615 e. The highest BCUT2D eigenvalue weighted by molar-refractivity contribution is 4.69. The molecule has 0 heterocycles. The molecule has 2 nitrogen and oxygen atoms in total. The molecule has 0 radical (unpaired) electrons. The van der Waals surface area contributed by atoms with E-state index in [0.717, 1.165) is 6.61 Å². The molecule has 2 heteroatoms. The lowest BCUT2D eigenvalue weighted by atomic mass is 9.89. The third kappa shape index (κ3) is 6.62. The van der Waals surface area contributed by atoms with Crippen LogP contribution in [0.2, 0.25) is 0 Å². The van der Waals surface area contributed by atoms with Crippen molar-refractivity contribution >= 4 is 0 Å². The van der Waals surface area contributed by atoms with E-state index in [1.165, 1.54) is 12.8 Å². The highest BCUT2D eigenvalue weighted by Gasteiger charge is 2.13. The monoisotopic (exact) mass is 173 g/mol. The Labute approximate surface area is 76.7 Å². The lowest BCUT2D eigenvalue weighted by molar-refractivity contribution is 0.159. The fourth-order valence-corrected chi connectivity index (χ4v) is 1.12. The number of nitrogens with one attached hydrogen (secondary N) is 1. The molecule has 74 valence electrons. The molecule has 0 aliphatic heterocycles. The summed E-state index contributed by atoms with van der Waals surface area (Å²) in [6.07, 6.45) is 2.43. The van der Waals surface area contributed by atoms with Crippen LogP contribution in [0.25, 0.3) is 0 Å². The summed E-state index contributed by atoms with van der Waals surface area (Å²) in [5.41, 5.74) is 0.433. The van der Waals surface area contributed by atoms with Gasteiger partial charge in [-0.15, -0.1) is 0 Å². The first-order chi connectivity index (χ1) is 5.49. The van der Waals surface area contributed by atoms with Crippen LogP contribution < -0.4 is 5.32 Å². The van der Waals surface area contributed by atoms with E-state index in [9.17, 15) is 0 Å². The Morgan fingerprint density at radius 2 is 1.92 bits per heavy atom. The number of methoxy groups -OCH3 is 1. The minimum absolute atomic E-state index is 0.433. The van der Waals surface area contributed by atoms with Gasteiger partial charge in [0.05, 0.1) is 6.61 Å². The number of hydrogen-bond donors (Lipinski definition) is 1. The van der Waals surface area contributed by atoms with Crippen LogP contribution in [-0.4, -0.2) is 26.8 Å². The normalized spacial score (nSPS) is 14.8. The van der Waals surface area contributed by atoms with Gasteiger partial charge in [-0.3, -0.25) is 0 Å². The molecule has 0 spiro atoms. The Bertz CT molecular complexity index is 107. The molecule has 0 saturated carbocycles. The smallest absolute Gasteiger partial charge is 0.0615 e. The first-order valence-electron chi connectivity index (χ1n) is 4.66. The van der Waals surface area contributed by atoms with E-state index in [-0.39, 0.29) is 0 Å². The summed E-state index contributed by atoms with van der Waals surface area (Å²) < 4.78 is 5.10. The quantitative estimate of drug-likeness (QED) is 0.687. The van der Waals surface area contributed by atoms with Crippen LogP contribution in [-0.2, 0) is 4.74 Å². The van der Waals surface area contributed by atoms with Gasteiger partial charge in [0, 0.05) is 13.2 Å². The summed E-state index contributed by atoms with van der Waals surface area (Å²) in [6, 6.07) is 0.509. The zero-order valence-corrected chi connectivity index (χ0v) is 9.11. The molecule has 0 aromatic carbocycles. The first-order valence-corrected chi connectivity index (χ1v) is 4.66. The second-order valence-corrected chi connectivity index (χ2v) is 4.54. The molecule has 0 saturated heterocycles. The standard InChI is InChI=1S/C10H23NO/c1-10(2,3)7-6-9(11-4)8-12-5/h9,11H,6-8H2,1-5H3. The van der Waals surface area contributed by atoms with Crippen LogP contribution >= 0.6 is 0 Å². The fourth-order valence-electron chi connectivity index (χ4n) is 1.12. The Hall–Kier alpha value is -0.0800.